The number of hydrogen-bond acceptors (Lipinski definition) is 3. The van der Waals surface area contributed by atoms with E-state index in [4.69, 9.17) is 0 Å². The fraction of sp³-hybridized carbons (Fsp3) is 0.308. The standard InChI is InChI=1S/C13H12F3NOS/c1-8-17-7-12(19-8)11(18)6-9-3-2-4-10(5-9)13(14,15)16/h2-5,7,11,18H,6H2,1H3. The van der Waals surface area contributed by atoms with Gasteiger partial charge in [0.2, 0.25) is 0 Å². The maximum absolute atomic E-state index is 12.6. The molecule has 102 valence electrons. The maximum atomic E-state index is 12.6. The summed E-state index contributed by atoms with van der Waals surface area (Å²) in [6.07, 6.45) is -3.49. The summed E-state index contributed by atoms with van der Waals surface area (Å²) in [5.41, 5.74) is -0.244. The van der Waals surface area contributed by atoms with Crippen LogP contribution in [0.4, 0.5) is 13.2 Å². The summed E-state index contributed by atoms with van der Waals surface area (Å²) in [7, 11) is 0. The molecule has 2 aromatic rings. The van der Waals surface area contributed by atoms with E-state index >= 15 is 0 Å². The summed E-state index contributed by atoms with van der Waals surface area (Å²) >= 11 is 1.34. The van der Waals surface area contributed by atoms with E-state index in [-0.39, 0.29) is 6.42 Å². The Balaban J connectivity index is 2.15. The van der Waals surface area contributed by atoms with E-state index < -0.39 is 17.8 Å². The monoisotopic (exact) mass is 287 g/mol. The van der Waals surface area contributed by atoms with E-state index in [1.54, 1.807) is 12.3 Å². The molecule has 0 aliphatic rings. The lowest BCUT2D eigenvalue weighted by atomic mass is 10.0. The fourth-order valence-corrected chi connectivity index (χ4v) is 2.50. The van der Waals surface area contributed by atoms with Gasteiger partial charge < -0.3 is 5.11 Å². The highest BCUT2D eigenvalue weighted by molar-refractivity contribution is 7.11. The zero-order chi connectivity index (χ0) is 14.0. The van der Waals surface area contributed by atoms with Gasteiger partial charge in [0, 0.05) is 12.6 Å². The summed E-state index contributed by atoms with van der Waals surface area (Å²) in [6, 6.07) is 5.01. The van der Waals surface area contributed by atoms with Gasteiger partial charge in [-0.25, -0.2) is 4.98 Å². The number of thiazole rings is 1. The molecule has 1 N–H and O–H groups in total. The Morgan fingerprint density at radius 3 is 2.68 bits per heavy atom. The molecule has 0 amide bonds. The lowest BCUT2D eigenvalue weighted by molar-refractivity contribution is -0.137. The van der Waals surface area contributed by atoms with Crippen molar-refractivity contribution in [3.05, 3.63) is 51.5 Å². The SMILES string of the molecule is Cc1ncc(C(O)Cc2cccc(C(F)(F)F)c2)s1. The third-order valence-corrected chi connectivity index (χ3v) is 3.66. The Hall–Kier alpha value is -1.40. The molecule has 2 nitrogen and oxygen atoms in total. The quantitative estimate of drug-likeness (QED) is 0.932. The molecule has 0 aliphatic heterocycles. The second-order valence-electron chi connectivity index (χ2n) is 4.20. The molecule has 1 heterocycles. The van der Waals surface area contributed by atoms with Gasteiger partial charge in [0.1, 0.15) is 0 Å². The van der Waals surface area contributed by atoms with Crippen LogP contribution in [0.15, 0.2) is 30.5 Å². The van der Waals surface area contributed by atoms with Crippen molar-refractivity contribution in [1.29, 1.82) is 0 Å². The minimum absolute atomic E-state index is 0.144. The summed E-state index contributed by atoms with van der Waals surface area (Å²) in [6.45, 7) is 1.81. The highest BCUT2D eigenvalue weighted by Crippen LogP contribution is 2.31. The Labute approximate surface area is 112 Å². The molecule has 0 radical (unpaired) electrons. The number of hydrogen-bond donors (Lipinski definition) is 1. The van der Waals surface area contributed by atoms with Gasteiger partial charge in [-0.05, 0) is 18.6 Å². The van der Waals surface area contributed by atoms with Crippen LogP contribution in [0.3, 0.4) is 0 Å². The van der Waals surface area contributed by atoms with E-state index in [1.807, 2.05) is 6.92 Å². The Kier molecular flexibility index (Phi) is 3.91. The van der Waals surface area contributed by atoms with Crippen LogP contribution in [-0.2, 0) is 12.6 Å². The Morgan fingerprint density at radius 1 is 1.37 bits per heavy atom. The molecule has 6 heteroatoms. The number of aromatic nitrogens is 1. The van der Waals surface area contributed by atoms with Gasteiger partial charge in [0.05, 0.1) is 21.6 Å². The molecular formula is C13H12F3NOS. The molecule has 0 aliphatic carbocycles. The zero-order valence-electron chi connectivity index (χ0n) is 10.1. The van der Waals surface area contributed by atoms with Crippen LogP contribution in [0.25, 0.3) is 0 Å². The molecular weight excluding hydrogens is 275 g/mol. The third-order valence-electron chi connectivity index (χ3n) is 2.65. The van der Waals surface area contributed by atoms with Crippen molar-refractivity contribution in [1.82, 2.24) is 4.98 Å². The molecule has 0 saturated carbocycles. The molecule has 2 rings (SSSR count). The molecule has 1 unspecified atom stereocenters. The van der Waals surface area contributed by atoms with E-state index in [0.717, 1.165) is 17.1 Å². The van der Waals surface area contributed by atoms with Gasteiger partial charge in [-0.1, -0.05) is 18.2 Å². The van der Waals surface area contributed by atoms with Crippen molar-refractivity contribution >= 4 is 11.3 Å². The molecule has 1 aromatic carbocycles. The van der Waals surface area contributed by atoms with Gasteiger partial charge in [-0.2, -0.15) is 13.2 Å². The number of aliphatic hydroxyl groups excluding tert-OH is 1. The van der Waals surface area contributed by atoms with Crippen molar-refractivity contribution in [3.63, 3.8) is 0 Å². The van der Waals surface area contributed by atoms with E-state index in [9.17, 15) is 18.3 Å². The number of alkyl halides is 3. The molecule has 0 bridgehead atoms. The molecule has 0 saturated heterocycles. The van der Waals surface area contributed by atoms with Crippen LogP contribution < -0.4 is 0 Å². The number of benzene rings is 1. The van der Waals surface area contributed by atoms with Crippen molar-refractivity contribution in [2.24, 2.45) is 0 Å². The Morgan fingerprint density at radius 2 is 2.11 bits per heavy atom. The number of rotatable bonds is 3. The van der Waals surface area contributed by atoms with Crippen molar-refractivity contribution < 1.29 is 18.3 Å². The molecule has 0 fully saturated rings. The van der Waals surface area contributed by atoms with Crippen LogP contribution in [0, 0.1) is 6.92 Å². The van der Waals surface area contributed by atoms with Crippen LogP contribution >= 0.6 is 11.3 Å². The Bertz CT molecular complexity index is 565. The molecule has 19 heavy (non-hydrogen) atoms. The number of aliphatic hydroxyl groups is 1. The molecule has 1 atom stereocenters. The summed E-state index contributed by atoms with van der Waals surface area (Å²) in [4.78, 5) is 4.68. The van der Waals surface area contributed by atoms with Crippen molar-refractivity contribution in [2.75, 3.05) is 0 Å². The first-order chi connectivity index (χ1) is 8.86. The second-order valence-corrected chi connectivity index (χ2v) is 5.47. The largest absolute Gasteiger partial charge is 0.416 e. The lowest BCUT2D eigenvalue weighted by Gasteiger charge is -2.11. The van der Waals surface area contributed by atoms with Gasteiger partial charge >= 0.3 is 6.18 Å². The van der Waals surface area contributed by atoms with E-state index in [2.05, 4.69) is 4.98 Å². The summed E-state index contributed by atoms with van der Waals surface area (Å²) < 4.78 is 37.7. The third kappa shape index (κ3) is 3.54. The van der Waals surface area contributed by atoms with Crippen LogP contribution in [0.2, 0.25) is 0 Å². The van der Waals surface area contributed by atoms with Crippen LogP contribution in [-0.4, -0.2) is 10.1 Å². The minimum atomic E-state index is -4.36. The summed E-state index contributed by atoms with van der Waals surface area (Å²) in [5, 5.41) is 10.8. The molecule has 0 spiro atoms. The normalized spacial score (nSPS) is 13.5. The minimum Gasteiger partial charge on any atom is -0.387 e. The number of halogens is 3. The van der Waals surface area contributed by atoms with Crippen molar-refractivity contribution in [3.8, 4) is 0 Å². The second kappa shape index (κ2) is 5.30. The lowest BCUT2D eigenvalue weighted by Crippen LogP contribution is -2.06. The average molecular weight is 287 g/mol. The van der Waals surface area contributed by atoms with E-state index in [1.165, 1.54) is 17.4 Å². The highest BCUT2D eigenvalue weighted by Gasteiger charge is 2.30. The van der Waals surface area contributed by atoms with Crippen LogP contribution in [0.1, 0.15) is 27.1 Å². The first-order valence-electron chi connectivity index (χ1n) is 5.63. The predicted molar refractivity (Wildman–Crippen MR) is 67.0 cm³/mol. The van der Waals surface area contributed by atoms with Gasteiger partial charge in [0.15, 0.2) is 0 Å². The number of nitrogens with zero attached hydrogens (tertiary/aromatic N) is 1. The maximum Gasteiger partial charge on any atom is 0.416 e. The van der Waals surface area contributed by atoms with Crippen LogP contribution in [0.5, 0.6) is 0 Å². The van der Waals surface area contributed by atoms with Crippen molar-refractivity contribution in [2.45, 2.75) is 25.6 Å². The van der Waals surface area contributed by atoms with Gasteiger partial charge in [-0.15, -0.1) is 11.3 Å². The fourth-order valence-electron chi connectivity index (χ4n) is 1.73. The first-order valence-corrected chi connectivity index (χ1v) is 6.44. The zero-order valence-corrected chi connectivity index (χ0v) is 10.9. The summed E-state index contributed by atoms with van der Waals surface area (Å²) in [5.74, 6) is 0. The molecule has 1 aromatic heterocycles. The topological polar surface area (TPSA) is 33.1 Å². The van der Waals surface area contributed by atoms with E-state index in [0.29, 0.717) is 10.4 Å². The van der Waals surface area contributed by atoms with Gasteiger partial charge in [-0.3, -0.25) is 0 Å². The highest BCUT2D eigenvalue weighted by atomic mass is 32.1. The first kappa shape index (κ1) is 14.0. The smallest absolute Gasteiger partial charge is 0.387 e. The predicted octanol–water partition coefficient (Wildman–Crippen LogP) is 3.75. The number of aryl methyl sites for hydroxylation is 1. The average Bonchev–Trinajstić information content (AvgIpc) is 2.75. The van der Waals surface area contributed by atoms with Gasteiger partial charge in [0.25, 0.3) is 0 Å².